The van der Waals surface area contributed by atoms with Gasteiger partial charge in [0.15, 0.2) is 0 Å². The summed E-state index contributed by atoms with van der Waals surface area (Å²) in [5.74, 6) is 0.739. The fraction of sp³-hybridized carbons (Fsp3) is 0.333. The largest absolute Gasteiger partial charge is 0.468 e. The molecule has 0 radical (unpaired) electrons. The number of nitrogens with two attached hydrogens (primary N) is 1. The van der Waals surface area contributed by atoms with Crippen molar-refractivity contribution in [2.75, 3.05) is 13.6 Å². The zero-order valence-corrected chi connectivity index (χ0v) is 11.6. The van der Waals surface area contributed by atoms with E-state index in [9.17, 15) is 13.2 Å². The summed E-state index contributed by atoms with van der Waals surface area (Å²) in [5.41, 5.74) is 5.62. The summed E-state index contributed by atoms with van der Waals surface area (Å²) in [6.07, 6.45) is -2.79. The molecule has 1 unspecified atom stereocenters. The SMILES string of the molecule is CN(Cc1ccco1)C(CN)c1cccc(C(F)(F)F)c1. The van der Waals surface area contributed by atoms with Crippen molar-refractivity contribution in [3.63, 3.8) is 0 Å². The minimum Gasteiger partial charge on any atom is -0.468 e. The molecule has 1 aromatic heterocycles. The van der Waals surface area contributed by atoms with Crippen LogP contribution in [0.4, 0.5) is 13.2 Å². The molecule has 0 fully saturated rings. The second kappa shape index (κ2) is 6.32. The van der Waals surface area contributed by atoms with Crippen LogP contribution in [-0.2, 0) is 12.7 Å². The first-order valence-corrected chi connectivity index (χ1v) is 6.51. The quantitative estimate of drug-likeness (QED) is 0.919. The molecule has 1 aromatic carbocycles. The van der Waals surface area contributed by atoms with Crippen molar-refractivity contribution in [1.82, 2.24) is 4.90 Å². The Morgan fingerprint density at radius 1 is 1.24 bits per heavy atom. The van der Waals surface area contributed by atoms with Gasteiger partial charge >= 0.3 is 6.18 Å². The van der Waals surface area contributed by atoms with Crippen molar-refractivity contribution in [2.45, 2.75) is 18.8 Å². The molecule has 0 saturated carbocycles. The molecule has 0 aliphatic carbocycles. The predicted molar refractivity (Wildman–Crippen MR) is 73.4 cm³/mol. The average molecular weight is 298 g/mol. The lowest BCUT2D eigenvalue weighted by Crippen LogP contribution is -2.30. The van der Waals surface area contributed by atoms with Crippen LogP contribution >= 0.6 is 0 Å². The van der Waals surface area contributed by atoms with E-state index in [-0.39, 0.29) is 12.6 Å². The van der Waals surface area contributed by atoms with E-state index in [1.54, 1.807) is 25.4 Å². The third kappa shape index (κ3) is 3.86. The lowest BCUT2D eigenvalue weighted by Gasteiger charge is -2.27. The maximum Gasteiger partial charge on any atom is 0.416 e. The summed E-state index contributed by atoms with van der Waals surface area (Å²) < 4.78 is 43.6. The molecule has 0 aliphatic rings. The molecule has 0 saturated heterocycles. The molecule has 0 spiro atoms. The number of rotatable bonds is 5. The molecule has 1 atom stereocenters. The molecule has 3 nitrogen and oxygen atoms in total. The van der Waals surface area contributed by atoms with Crippen molar-refractivity contribution >= 4 is 0 Å². The molecule has 2 rings (SSSR count). The highest BCUT2D eigenvalue weighted by Crippen LogP contribution is 2.31. The van der Waals surface area contributed by atoms with Crippen molar-refractivity contribution in [2.24, 2.45) is 5.73 Å². The van der Waals surface area contributed by atoms with Crippen LogP contribution in [0.15, 0.2) is 47.1 Å². The third-order valence-corrected chi connectivity index (χ3v) is 3.34. The van der Waals surface area contributed by atoms with Gasteiger partial charge in [0.2, 0.25) is 0 Å². The molecule has 0 amide bonds. The van der Waals surface area contributed by atoms with Crippen LogP contribution in [0.5, 0.6) is 0 Å². The van der Waals surface area contributed by atoms with Gasteiger partial charge in [-0.15, -0.1) is 0 Å². The zero-order chi connectivity index (χ0) is 15.5. The van der Waals surface area contributed by atoms with Crippen molar-refractivity contribution in [1.29, 1.82) is 0 Å². The molecule has 21 heavy (non-hydrogen) atoms. The molecular weight excluding hydrogens is 281 g/mol. The Kier molecular flexibility index (Phi) is 4.69. The van der Waals surface area contributed by atoms with E-state index in [0.29, 0.717) is 12.1 Å². The zero-order valence-electron chi connectivity index (χ0n) is 11.6. The molecule has 1 heterocycles. The van der Waals surface area contributed by atoms with Gasteiger partial charge in [-0.3, -0.25) is 4.90 Å². The van der Waals surface area contributed by atoms with Gasteiger partial charge in [0.25, 0.3) is 0 Å². The first kappa shape index (κ1) is 15.6. The van der Waals surface area contributed by atoms with Crippen LogP contribution in [0.2, 0.25) is 0 Å². The Balaban J connectivity index is 2.20. The van der Waals surface area contributed by atoms with Crippen LogP contribution in [0, 0.1) is 0 Å². The van der Waals surface area contributed by atoms with Gasteiger partial charge in [0.05, 0.1) is 18.4 Å². The number of benzene rings is 1. The third-order valence-electron chi connectivity index (χ3n) is 3.34. The summed E-state index contributed by atoms with van der Waals surface area (Å²) in [5, 5.41) is 0. The van der Waals surface area contributed by atoms with Crippen LogP contribution in [0.25, 0.3) is 0 Å². The second-order valence-corrected chi connectivity index (χ2v) is 4.87. The maximum atomic E-state index is 12.8. The number of halogens is 3. The van der Waals surface area contributed by atoms with Gasteiger partial charge in [0.1, 0.15) is 5.76 Å². The number of furan rings is 1. The highest BCUT2D eigenvalue weighted by Gasteiger charge is 2.31. The fourth-order valence-corrected chi connectivity index (χ4v) is 2.25. The van der Waals surface area contributed by atoms with Crippen LogP contribution in [0.1, 0.15) is 22.9 Å². The average Bonchev–Trinajstić information content (AvgIpc) is 2.92. The number of hydrogen-bond acceptors (Lipinski definition) is 3. The predicted octanol–water partition coefficient (Wildman–Crippen LogP) is 3.43. The summed E-state index contributed by atoms with van der Waals surface area (Å²) >= 11 is 0. The van der Waals surface area contributed by atoms with E-state index in [1.807, 2.05) is 11.0 Å². The Bertz CT molecular complexity index is 567. The van der Waals surface area contributed by atoms with Crippen LogP contribution < -0.4 is 5.73 Å². The van der Waals surface area contributed by atoms with Gasteiger partial charge in [0, 0.05) is 12.6 Å². The minimum atomic E-state index is -4.35. The Labute approximate surface area is 121 Å². The Morgan fingerprint density at radius 2 is 2.00 bits per heavy atom. The highest BCUT2D eigenvalue weighted by molar-refractivity contribution is 5.28. The van der Waals surface area contributed by atoms with Crippen molar-refractivity contribution in [3.8, 4) is 0 Å². The van der Waals surface area contributed by atoms with E-state index < -0.39 is 11.7 Å². The van der Waals surface area contributed by atoms with Gasteiger partial charge in [-0.25, -0.2) is 0 Å². The lowest BCUT2D eigenvalue weighted by atomic mass is 10.0. The number of hydrogen-bond donors (Lipinski definition) is 1. The van der Waals surface area contributed by atoms with Gasteiger partial charge in [-0.05, 0) is 36.9 Å². The Morgan fingerprint density at radius 3 is 2.57 bits per heavy atom. The van der Waals surface area contributed by atoms with Gasteiger partial charge in [-0.1, -0.05) is 12.1 Å². The smallest absolute Gasteiger partial charge is 0.416 e. The molecular formula is C15H17F3N2O. The van der Waals surface area contributed by atoms with E-state index in [0.717, 1.165) is 17.9 Å². The van der Waals surface area contributed by atoms with Crippen LogP contribution in [-0.4, -0.2) is 18.5 Å². The first-order chi connectivity index (χ1) is 9.91. The monoisotopic (exact) mass is 298 g/mol. The van der Waals surface area contributed by atoms with Gasteiger partial charge < -0.3 is 10.2 Å². The standard InChI is InChI=1S/C15H17F3N2O/c1-20(10-13-6-3-7-21-13)14(9-19)11-4-2-5-12(8-11)15(16,17)18/h2-8,14H,9-10,19H2,1H3. The molecule has 114 valence electrons. The van der Waals surface area contributed by atoms with E-state index in [4.69, 9.17) is 10.2 Å². The maximum absolute atomic E-state index is 12.8. The molecule has 0 bridgehead atoms. The molecule has 2 aromatic rings. The van der Waals surface area contributed by atoms with Crippen molar-refractivity contribution < 1.29 is 17.6 Å². The summed E-state index contributed by atoms with van der Waals surface area (Å²) in [7, 11) is 1.81. The van der Waals surface area contributed by atoms with E-state index in [1.165, 1.54) is 6.07 Å². The number of alkyl halides is 3. The highest BCUT2D eigenvalue weighted by atomic mass is 19.4. The summed E-state index contributed by atoms with van der Waals surface area (Å²) in [6, 6.07) is 8.55. The van der Waals surface area contributed by atoms with Crippen molar-refractivity contribution in [3.05, 3.63) is 59.5 Å². The number of nitrogens with zero attached hydrogens (tertiary/aromatic N) is 1. The summed E-state index contributed by atoms with van der Waals surface area (Å²) in [6.45, 7) is 0.698. The fourth-order valence-electron chi connectivity index (χ4n) is 2.25. The summed E-state index contributed by atoms with van der Waals surface area (Å²) in [4.78, 5) is 1.87. The lowest BCUT2D eigenvalue weighted by molar-refractivity contribution is -0.137. The van der Waals surface area contributed by atoms with E-state index >= 15 is 0 Å². The normalized spacial score (nSPS) is 13.6. The molecule has 2 N–H and O–H groups in total. The topological polar surface area (TPSA) is 42.4 Å². The number of likely N-dealkylation sites (N-methyl/N-ethyl adjacent to an activating group) is 1. The van der Waals surface area contributed by atoms with Crippen LogP contribution in [0.3, 0.4) is 0 Å². The minimum absolute atomic E-state index is 0.221. The Hall–Kier alpha value is -1.79. The van der Waals surface area contributed by atoms with E-state index in [2.05, 4.69) is 0 Å². The molecule has 6 heteroatoms. The second-order valence-electron chi connectivity index (χ2n) is 4.87. The molecule has 0 aliphatic heterocycles. The first-order valence-electron chi connectivity index (χ1n) is 6.51. The van der Waals surface area contributed by atoms with Gasteiger partial charge in [-0.2, -0.15) is 13.2 Å².